The van der Waals surface area contributed by atoms with E-state index in [2.05, 4.69) is 15.9 Å². The van der Waals surface area contributed by atoms with Crippen molar-refractivity contribution < 1.29 is 9.21 Å². The number of ketones is 1. The van der Waals surface area contributed by atoms with E-state index < -0.39 is 0 Å². The molecule has 0 aliphatic rings. The molecule has 3 aromatic rings. The van der Waals surface area contributed by atoms with Crippen molar-refractivity contribution in [3.05, 3.63) is 68.8 Å². The number of rotatable bonds is 2. The van der Waals surface area contributed by atoms with Crippen LogP contribution in [0.5, 0.6) is 0 Å². The topological polar surface area (TPSA) is 30.2 Å². The molecule has 0 unspecified atom stereocenters. The molecule has 0 spiro atoms. The monoisotopic (exact) mass is 348 g/mol. The quantitative estimate of drug-likeness (QED) is 0.581. The minimum absolute atomic E-state index is 0.145. The summed E-state index contributed by atoms with van der Waals surface area (Å²) < 4.78 is 6.40. The second kappa shape index (κ2) is 5.08. The van der Waals surface area contributed by atoms with Crippen molar-refractivity contribution in [2.75, 3.05) is 0 Å². The van der Waals surface area contributed by atoms with Crippen molar-refractivity contribution in [1.82, 2.24) is 0 Å². The molecule has 2 aromatic carbocycles. The summed E-state index contributed by atoms with van der Waals surface area (Å²) in [6, 6.07) is 12.6. The van der Waals surface area contributed by atoms with Gasteiger partial charge in [-0.1, -0.05) is 23.7 Å². The molecule has 0 atom stereocenters. The van der Waals surface area contributed by atoms with Gasteiger partial charge >= 0.3 is 0 Å². The molecule has 0 aliphatic carbocycles. The van der Waals surface area contributed by atoms with Crippen LogP contribution in [0.4, 0.5) is 0 Å². The molecular weight excluding hydrogens is 340 g/mol. The van der Waals surface area contributed by atoms with Crippen LogP contribution in [0.3, 0.4) is 0 Å². The summed E-state index contributed by atoms with van der Waals surface area (Å²) in [6.45, 7) is 1.94. The number of carbonyl (C=O) groups is 1. The molecule has 0 aliphatic heterocycles. The van der Waals surface area contributed by atoms with Gasteiger partial charge in [-0.3, -0.25) is 4.79 Å². The lowest BCUT2D eigenvalue weighted by atomic mass is 10.1. The molecule has 1 aromatic heterocycles. The van der Waals surface area contributed by atoms with E-state index in [0.717, 1.165) is 15.4 Å². The molecular formula is C16H10BrClO2. The van der Waals surface area contributed by atoms with E-state index in [4.69, 9.17) is 16.0 Å². The highest BCUT2D eigenvalue weighted by molar-refractivity contribution is 9.10. The van der Waals surface area contributed by atoms with E-state index in [-0.39, 0.29) is 5.78 Å². The maximum atomic E-state index is 12.5. The smallest absolute Gasteiger partial charge is 0.229 e. The predicted octanol–water partition coefficient (Wildman–Crippen LogP) is 5.39. The molecule has 0 amide bonds. The Balaban J connectivity index is 2.10. The van der Waals surface area contributed by atoms with Crippen molar-refractivity contribution in [3.63, 3.8) is 0 Å². The summed E-state index contributed by atoms with van der Waals surface area (Å²) in [5.41, 5.74) is 2.26. The Morgan fingerprint density at radius 3 is 2.80 bits per heavy atom. The zero-order valence-corrected chi connectivity index (χ0v) is 13.0. The van der Waals surface area contributed by atoms with Gasteiger partial charge in [-0.2, -0.15) is 0 Å². The summed E-state index contributed by atoms with van der Waals surface area (Å²) in [5.74, 6) is 0.168. The zero-order valence-electron chi connectivity index (χ0n) is 10.6. The minimum Gasteiger partial charge on any atom is -0.453 e. The van der Waals surface area contributed by atoms with Crippen LogP contribution >= 0.6 is 27.5 Å². The first-order chi connectivity index (χ1) is 9.56. The highest BCUT2D eigenvalue weighted by Gasteiger charge is 2.18. The van der Waals surface area contributed by atoms with E-state index >= 15 is 0 Å². The molecule has 3 rings (SSSR count). The van der Waals surface area contributed by atoms with Crippen molar-refractivity contribution in [2.45, 2.75) is 6.92 Å². The fourth-order valence-electron chi connectivity index (χ4n) is 2.08. The van der Waals surface area contributed by atoms with Crippen molar-refractivity contribution in [1.29, 1.82) is 0 Å². The fraction of sp³-hybridized carbons (Fsp3) is 0.0625. The number of aryl methyl sites for hydroxylation is 1. The van der Waals surface area contributed by atoms with Crippen molar-refractivity contribution in [3.8, 4) is 0 Å². The molecule has 0 radical (unpaired) electrons. The molecule has 2 nitrogen and oxygen atoms in total. The lowest BCUT2D eigenvalue weighted by Gasteiger charge is -2.03. The number of carbonyl (C=O) groups excluding carboxylic acids is 1. The Bertz CT molecular complexity index is 820. The lowest BCUT2D eigenvalue weighted by molar-refractivity contribution is 0.101. The summed E-state index contributed by atoms with van der Waals surface area (Å²) in [5, 5.41) is 1.44. The van der Waals surface area contributed by atoms with E-state index in [0.29, 0.717) is 21.9 Å². The summed E-state index contributed by atoms with van der Waals surface area (Å²) in [4.78, 5) is 12.5. The van der Waals surface area contributed by atoms with E-state index in [1.165, 1.54) is 0 Å². The van der Waals surface area contributed by atoms with Gasteiger partial charge in [0.1, 0.15) is 5.58 Å². The van der Waals surface area contributed by atoms with Crippen LogP contribution in [0.25, 0.3) is 11.0 Å². The second-order valence-electron chi connectivity index (χ2n) is 4.56. The highest BCUT2D eigenvalue weighted by atomic mass is 79.9. The Morgan fingerprint density at radius 1 is 1.20 bits per heavy atom. The van der Waals surface area contributed by atoms with Gasteiger partial charge in [-0.15, -0.1) is 0 Å². The molecule has 0 N–H and O–H groups in total. The molecule has 100 valence electrons. The predicted molar refractivity (Wildman–Crippen MR) is 83.5 cm³/mol. The number of furan rings is 1. The van der Waals surface area contributed by atoms with Crippen LogP contribution in [0.15, 0.2) is 51.4 Å². The van der Waals surface area contributed by atoms with Gasteiger partial charge in [0.25, 0.3) is 0 Å². The SMILES string of the molecule is Cc1cccc(C(=O)c2cc3cc(Cl)ccc3o2)c1Br. The molecule has 1 heterocycles. The summed E-state index contributed by atoms with van der Waals surface area (Å²) in [6.07, 6.45) is 0. The number of hydrogen-bond donors (Lipinski definition) is 0. The number of halogens is 2. The van der Waals surface area contributed by atoms with Crippen LogP contribution in [0.2, 0.25) is 5.02 Å². The number of hydrogen-bond acceptors (Lipinski definition) is 2. The van der Waals surface area contributed by atoms with E-state index in [1.807, 2.05) is 19.1 Å². The Labute approximate surface area is 129 Å². The first-order valence-corrected chi connectivity index (χ1v) is 7.22. The number of benzene rings is 2. The van der Waals surface area contributed by atoms with Crippen LogP contribution < -0.4 is 0 Å². The van der Waals surface area contributed by atoms with Crippen LogP contribution in [-0.2, 0) is 0 Å². The summed E-state index contributed by atoms with van der Waals surface area (Å²) in [7, 11) is 0. The Hall–Kier alpha value is -1.58. The normalized spacial score (nSPS) is 10.9. The average molecular weight is 350 g/mol. The number of fused-ring (bicyclic) bond motifs is 1. The first kappa shape index (κ1) is 13.4. The van der Waals surface area contributed by atoms with Gasteiger partial charge in [0.05, 0.1) is 0 Å². The van der Waals surface area contributed by atoms with Crippen LogP contribution in [-0.4, -0.2) is 5.78 Å². The second-order valence-corrected chi connectivity index (χ2v) is 5.79. The van der Waals surface area contributed by atoms with E-state index in [9.17, 15) is 4.79 Å². The molecule has 0 saturated heterocycles. The fourth-order valence-corrected chi connectivity index (χ4v) is 2.71. The van der Waals surface area contributed by atoms with Crippen molar-refractivity contribution in [2.24, 2.45) is 0 Å². The summed E-state index contributed by atoms with van der Waals surface area (Å²) >= 11 is 9.39. The highest BCUT2D eigenvalue weighted by Crippen LogP contribution is 2.28. The third kappa shape index (κ3) is 2.28. The zero-order chi connectivity index (χ0) is 14.3. The first-order valence-electron chi connectivity index (χ1n) is 6.05. The maximum Gasteiger partial charge on any atom is 0.229 e. The third-order valence-electron chi connectivity index (χ3n) is 3.14. The van der Waals surface area contributed by atoms with Crippen molar-refractivity contribution >= 4 is 44.3 Å². The standard InChI is InChI=1S/C16H10BrClO2/c1-9-3-2-4-12(15(9)17)16(19)14-8-10-7-11(18)5-6-13(10)20-14/h2-8H,1H3. The molecule has 0 saturated carbocycles. The maximum absolute atomic E-state index is 12.5. The largest absolute Gasteiger partial charge is 0.453 e. The molecule has 4 heteroatoms. The van der Waals surface area contributed by atoms with Gasteiger partial charge in [0.2, 0.25) is 5.78 Å². The van der Waals surface area contributed by atoms with Gasteiger partial charge in [0, 0.05) is 20.4 Å². The Kier molecular flexibility index (Phi) is 3.40. The van der Waals surface area contributed by atoms with Crippen LogP contribution in [0, 0.1) is 6.92 Å². The third-order valence-corrected chi connectivity index (χ3v) is 4.43. The van der Waals surface area contributed by atoms with Gasteiger partial charge in [0.15, 0.2) is 5.76 Å². The van der Waals surface area contributed by atoms with Crippen LogP contribution in [0.1, 0.15) is 21.7 Å². The molecule has 0 fully saturated rings. The van der Waals surface area contributed by atoms with E-state index in [1.54, 1.807) is 30.3 Å². The molecule has 20 heavy (non-hydrogen) atoms. The minimum atomic E-state index is -0.145. The molecule has 0 bridgehead atoms. The Morgan fingerprint density at radius 2 is 2.00 bits per heavy atom. The van der Waals surface area contributed by atoms with Gasteiger partial charge < -0.3 is 4.42 Å². The van der Waals surface area contributed by atoms with Gasteiger partial charge in [-0.25, -0.2) is 0 Å². The van der Waals surface area contributed by atoms with Gasteiger partial charge in [-0.05, 0) is 58.7 Å². The average Bonchev–Trinajstić information content (AvgIpc) is 2.84. The lowest BCUT2D eigenvalue weighted by Crippen LogP contribution is -2.01.